The van der Waals surface area contributed by atoms with E-state index in [1.54, 1.807) is 31.0 Å². The van der Waals surface area contributed by atoms with Gasteiger partial charge in [0.05, 0.1) is 16.1 Å². The molecule has 114 valence electrons. The molecule has 7 nitrogen and oxygen atoms in total. The van der Waals surface area contributed by atoms with E-state index in [-0.39, 0.29) is 11.2 Å². The zero-order valence-corrected chi connectivity index (χ0v) is 12.8. The molecule has 1 fully saturated rings. The van der Waals surface area contributed by atoms with Crippen molar-refractivity contribution in [1.82, 2.24) is 5.06 Å². The van der Waals surface area contributed by atoms with Crippen molar-refractivity contribution in [2.45, 2.75) is 45.9 Å². The maximum absolute atomic E-state index is 10.6. The summed E-state index contributed by atoms with van der Waals surface area (Å²) in [5.41, 5.74) is 0.259. The third-order valence-corrected chi connectivity index (χ3v) is 2.72. The molecule has 1 aliphatic rings. The summed E-state index contributed by atoms with van der Waals surface area (Å²) < 4.78 is 5.69. The Morgan fingerprint density at radius 1 is 1.24 bits per heavy atom. The topological polar surface area (TPSA) is 77.2 Å². The monoisotopic (exact) mass is 293 g/mol. The molecular formula is C14H19N3O4. The number of nitro benzene ring substituents is 1. The highest BCUT2D eigenvalue weighted by Crippen LogP contribution is 2.31. The van der Waals surface area contributed by atoms with Gasteiger partial charge in [-0.15, -0.1) is 0 Å². The van der Waals surface area contributed by atoms with Gasteiger partial charge < -0.3 is 4.74 Å². The molecule has 21 heavy (non-hydrogen) atoms. The van der Waals surface area contributed by atoms with Crippen LogP contribution in [0.5, 0.6) is 0 Å². The van der Waals surface area contributed by atoms with E-state index in [1.807, 2.05) is 20.8 Å². The van der Waals surface area contributed by atoms with Crippen molar-refractivity contribution in [3.63, 3.8) is 0 Å². The lowest BCUT2D eigenvalue weighted by molar-refractivity contribution is -0.384. The van der Waals surface area contributed by atoms with Crippen LogP contribution in [0.15, 0.2) is 29.3 Å². The molecule has 2 rings (SSSR count). The van der Waals surface area contributed by atoms with Crippen molar-refractivity contribution in [3.8, 4) is 0 Å². The Kier molecular flexibility index (Phi) is 3.63. The zero-order valence-electron chi connectivity index (χ0n) is 12.8. The predicted octanol–water partition coefficient (Wildman–Crippen LogP) is 3.38. The fraction of sp³-hybridized carbons (Fsp3) is 0.500. The molecule has 1 saturated heterocycles. The highest BCUT2D eigenvalue weighted by molar-refractivity contribution is 5.78. The number of hydroxylamine groups is 2. The van der Waals surface area contributed by atoms with E-state index < -0.39 is 10.7 Å². The third kappa shape index (κ3) is 3.49. The summed E-state index contributed by atoms with van der Waals surface area (Å²) in [5.74, 6) is -0.799. The second-order valence-corrected chi connectivity index (χ2v) is 6.23. The van der Waals surface area contributed by atoms with Crippen LogP contribution in [0, 0.1) is 10.1 Å². The molecule has 0 spiro atoms. The van der Waals surface area contributed by atoms with Crippen LogP contribution in [0.2, 0.25) is 0 Å². The number of amidine groups is 1. The number of nitrogens with zero attached hydrogens (tertiary/aromatic N) is 3. The van der Waals surface area contributed by atoms with Crippen LogP contribution in [0.3, 0.4) is 0 Å². The molecule has 1 aromatic rings. The van der Waals surface area contributed by atoms with E-state index in [1.165, 1.54) is 12.1 Å². The number of benzene rings is 1. The molecule has 7 heteroatoms. The van der Waals surface area contributed by atoms with E-state index in [0.29, 0.717) is 11.7 Å². The summed E-state index contributed by atoms with van der Waals surface area (Å²) in [5, 5.41) is 12.2. The third-order valence-electron chi connectivity index (χ3n) is 2.72. The molecule has 0 amide bonds. The minimum Gasteiger partial charge on any atom is -0.429 e. The van der Waals surface area contributed by atoms with Crippen molar-refractivity contribution < 1.29 is 14.5 Å². The number of ether oxygens (including phenoxy) is 1. The molecule has 1 aliphatic heterocycles. The van der Waals surface area contributed by atoms with Crippen LogP contribution in [-0.2, 0) is 9.57 Å². The summed E-state index contributed by atoms with van der Waals surface area (Å²) >= 11 is 0. The normalized spacial score (nSPS) is 19.7. The van der Waals surface area contributed by atoms with Crippen molar-refractivity contribution in [3.05, 3.63) is 34.4 Å². The number of nitro groups is 1. The van der Waals surface area contributed by atoms with Crippen molar-refractivity contribution in [1.29, 1.82) is 0 Å². The summed E-state index contributed by atoms with van der Waals surface area (Å²) in [6, 6.07) is 6.28. The van der Waals surface area contributed by atoms with Crippen LogP contribution >= 0.6 is 0 Å². The Morgan fingerprint density at radius 3 is 2.29 bits per heavy atom. The van der Waals surface area contributed by atoms with E-state index in [0.717, 1.165) is 0 Å². The van der Waals surface area contributed by atoms with E-state index in [9.17, 15) is 10.1 Å². The molecule has 1 heterocycles. The van der Waals surface area contributed by atoms with Gasteiger partial charge in [0.1, 0.15) is 0 Å². The van der Waals surface area contributed by atoms with Gasteiger partial charge in [0.15, 0.2) is 0 Å². The first-order chi connectivity index (χ1) is 9.58. The first-order valence-electron chi connectivity index (χ1n) is 6.60. The summed E-state index contributed by atoms with van der Waals surface area (Å²) in [7, 11) is 0. The Bertz CT molecular complexity index is 573. The fourth-order valence-electron chi connectivity index (χ4n) is 1.79. The van der Waals surface area contributed by atoms with Gasteiger partial charge in [-0.25, -0.2) is 4.84 Å². The van der Waals surface area contributed by atoms with E-state index in [4.69, 9.17) is 9.57 Å². The Balaban J connectivity index is 2.31. The quantitative estimate of drug-likeness (QED) is 0.617. The molecule has 0 bridgehead atoms. The number of aliphatic imine (C=N–C) groups is 1. The highest BCUT2D eigenvalue weighted by Gasteiger charge is 2.43. The standard InChI is InChI=1S/C14H19N3O4/c1-13(2,3)16-12(20-14(4,5)21-16)15-10-6-8-11(9-7-10)17(18)19/h6-9H,1-5H3. The lowest BCUT2D eigenvalue weighted by Gasteiger charge is -2.29. The molecule has 0 atom stereocenters. The molecule has 0 radical (unpaired) electrons. The van der Waals surface area contributed by atoms with Gasteiger partial charge in [-0.3, -0.25) is 10.1 Å². The van der Waals surface area contributed by atoms with Gasteiger partial charge in [-0.1, -0.05) is 0 Å². The summed E-state index contributed by atoms with van der Waals surface area (Å²) in [4.78, 5) is 20.3. The van der Waals surface area contributed by atoms with Crippen molar-refractivity contribution in [2.24, 2.45) is 4.99 Å². The van der Waals surface area contributed by atoms with Crippen LogP contribution in [0.25, 0.3) is 0 Å². The first kappa shape index (κ1) is 15.2. The highest BCUT2D eigenvalue weighted by atomic mass is 16.9. The van der Waals surface area contributed by atoms with Crippen molar-refractivity contribution in [2.75, 3.05) is 0 Å². The van der Waals surface area contributed by atoms with Crippen LogP contribution in [0.1, 0.15) is 34.6 Å². The Hall–Kier alpha value is -2.15. The average Bonchev–Trinajstić information content (AvgIpc) is 2.65. The number of non-ortho nitro benzene ring substituents is 1. The van der Waals surface area contributed by atoms with Gasteiger partial charge in [0.25, 0.3) is 5.69 Å². The molecule has 0 aromatic heterocycles. The van der Waals surface area contributed by atoms with E-state index in [2.05, 4.69) is 4.99 Å². The summed E-state index contributed by atoms with van der Waals surface area (Å²) in [6.45, 7) is 9.52. The Labute approximate surface area is 123 Å². The molecule has 0 unspecified atom stereocenters. The van der Waals surface area contributed by atoms with Gasteiger partial charge in [-0.05, 0) is 32.9 Å². The second kappa shape index (κ2) is 5.00. The zero-order chi connectivity index (χ0) is 15.8. The number of hydrogen-bond donors (Lipinski definition) is 0. The van der Waals surface area contributed by atoms with Gasteiger partial charge in [0, 0.05) is 26.0 Å². The minimum atomic E-state index is -0.799. The van der Waals surface area contributed by atoms with E-state index >= 15 is 0 Å². The minimum absolute atomic E-state index is 0.0237. The lowest BCUT2D eigenvalue weighted by Crippen LogP contribution is -2.42. The maximum Gasteiger partial charge on any atom is 0.320 e. The average molecular weight is 293 g/mol. The van der Waals surface area contributed by atoms with Crippen molar-refractivity contribution >= 4 is 17.4 Å². The molecular weight excluding hydrogens is 274 g/mol. The van der Waals surface area contributed by atoms with Gasteiger partial charge in [0.2, 0.25) is 5.79 Å². The molecule has 1 aromatic carbocycles. The molecule has 0 N–H and O–H groups in total. The number of rotatable bonds is 2. The SMILES string of the molecule is CC1(C)OC(=Nc2ccc([N+](=O)[O-])cc2)N(C(C)(C)C)O1. The predicted molar refractivity (Wildman–Crippen MR) is 78.0 cm³/mol. The van der Waals surface area contributed by atoms with Gasteiger partial charge in [-0.2, -0.15) is 10.1 Å². The molecule has 0 aliphatic carbocycles. The van der Waals surface area contributed by atoms with Crippen LogP contribution in [-0.4, -0.2) is 27.3 Å². The maximum atomic E-state index is 10.6. The Morgan fingerprint density at radius 2 is 1.81 bits per heavy atom. The fourth-order valence-corrected chi connectivity index (χ4v) is 1.79. The summed E-state index contributed by atoms with van der Waals surface area (Å²) in [6.07, 6.45) is 0. The first-order valence-corrected chi connectivity index (χ1v) is 6.60. The lowest BCUT2D eigenvalue weighted by atomic mass is 10.1. The molecule has 0 saturated carbocycles. The van der Waals surface area contributed by atoms with Crippen LogP contribution < -0.4 is 0 Å². The second-order valence-electron chi connectivity index (χ2n) is 6.23. The van der Waals surface area contributed by atoms with Crippen LogP contribution in [0.4, 0.5) is 11.4 Å². The van der Waals surface area contributed by atoms with Gasteiger partial charge >= 0.3 is 6.02 Å². The number of hydrogen-bond acceptors (Lipinski definition) is 5. The smallest absolute Gasteiger partial charge is 0.320 e. The largest absolute Gasteiger partial charge is 0.429 e.